The minimum atomic E-state index is -0.698. The van der Waals surface area contributed by atoms with Gasteiger partial charge in [0, 0.05) is 25.9 Å². The molecule has 1 aliphatic rings. The molecule has 0 bridgehead atoms. The van der Waals surface area contributed by atoms with E-state index in [0.717, 1.165) is 24.2 Å². The van der Waals surface area contributed by atoms with Gasteiger partial charge in [-0.25, -0.2) is 4.39 Å². The van der Waals surface area contributed by atoms with Gasteiger partial charge in [-0.3, -0.25) is 4.79 Å². The van der Waals surface area contributed by atoms with Crippen molar-refractivity contribution in [3.8, 4) is 11.5 Å². The zero-order chi connectivity index (χ0) is 17.8. The molecule has 0 saturated carbocycles. The number of halogens is 1. The lowest BCUT2D eigenvalue weighted by molar-refractivity contribution is -0.132. The number of piperidine rings is 1. The van der Waals surface area contributed by atoms with Crippen LogP contribution in [-0.4, -0.2) is 35.1 Å². The number of aryl methyl sites for hydroxylation is 1. The molecule has 1 N–H and O–H groups in total. The van der Waals surface area contributed by atoms with E-state index in [2.05, 4.69) is 0 Å². The number of amides is 1. The summed E-state index contributed by atoms with van der Waals surface area (Å²) in [6.07, 6.45) is 1.81. The maximum atomic E-state index is 13.4. The zero-order valence-electron chi connectivity index (χ0n) is 14.2. The molecule has 4 nitrogen and oxygen atoms in total. The summed E-state index contributed by atoms with van der Waals surface area (Å²) >= 11 is 0. The molecule has 0 atom stereocenters. The highest BCUT2D eigenvalue weighted by Gasteiger charge is 2.24. The summed E-state index contributed by atoms with van der Waals surface area (Å²) < 4.78 is 19.4. The molecule has 0 radical (unpaired) electrons. The SMILES string of the molecule is Cc1ccccc1OC1CCN(C(=O)Cc2ccc(O)c(F)c2)CC1. The molecule has 0 spiro atoms. The second-order valence-corrected chi connectivity index (χ2v) is 6.43. The first-order valence-corrected chi connectivity index (χ1v) is 8.50. The molecule has 0 aromatic heterocycles. The largest absolute Gasteiger partial charge is 0.505 e. The van der Waals surface area contributed by atoms with Gasteiger partial charge < -0.3 is 14.7 Å². The molecule has 0 unspecified atom stereocenters. The van der Waals surface area contributed by atoms with Crippen LogP contribution in [0.5, 0.6) is 11.5 Å². The lowest BCUT2D eigenvalue weighted by atomic mass is 10.1. The van der Waals surface area contributed by atoms with Crippen LogP contribution in [0.25, 0.3) is 0 Å². The molecule has 2 aromatic carbocycles. The number of ether oxygens (including phenoxy) is 1. The van der Waals surface area contributed by atoms with Gasteiger partial charge in [0.15, 0.2) is 11.6 Å². The Morgan fingerprint density at radius 1 is 1.24 bits per heavy atom. The molecular formula is C20H22FNO3. The first-order valence-electron chi connectivity index (χ1n) is 8.50. The highest BCUT2D eigenvalue weighted by atomic mass is 19.1. The number of carbonyl (C=O) groups excluding carboxylic acids is 1. The Balaban J connectivity index is 1.52. The molecule has 0 aliphatic carbocycles. The Hall–Kier alpha value is -2.56. The molecule has 1 amide bonds. The van der Waals surface area contributed by atoms with E-state index in [1.807, 2.05) is 31.2 Å². The van der Waals surface area contributed by atoms with E-state index in [0.29, 0.717) is 18.7 Å². The van der Waals surface area contributed by atoms with Crippen LogP contribution in [0, 0.1) is 12.7 Å². The molecular weight excluding hydrogens is 321 g/mol. The molecule has 1 heterocycles. The first kappa shape index (κ1) is 17.3. The number of hydrogen-bond acceptors (Lipinski definition) is 3. The number of likely N-dealkylation sites (tertiary alicyclic amines) is 1. The number of nitrogens with zero attached hydrogens (tertiary/aromatic N) is 1. The van der Waals surface area contributed by atoms with Crippen molar-refractivity contribution in [2.75, 3.05) is 13.1 Å². The van der Waals surface area contributed by atoms with Gasteiger partial charge in [0.2, 0.25) is 5.91 Å². The quantitative estimate of drug-likeness (QED) is 0.925. The van der Waals surface area contributed by atoms with Crippen LogP contribution in [0.3, 0.4) is 0 Å². The third kappa shape index (κ3) is 4.29. The van der Waals surface area contributed by atoms with Crippen LogP contribution in [0.4, 0.5) is 4.39 Å². The van der Waals surface area contributed by atoms with Crippen LogP contribution in [0.1, 0.15) is 24.0 Å². The van der Waals surface area contributed by atoms with Gasteiger partial charge in [0.05, 0.1) is 6.42 Å². The number of phenolic OH excluding ortho intramolecular Hbond substituents is 1. The lowest BCUT2D eigenvalue weighted by Crippen LogP contribution is -2.42. The fourth-order valence-electron chi connectivity index (χ4n) is 3.04. The van der Waals surface area contributed by atoms with E-state index < -0.39 is 11.6 Å². The topological polar surface area (TPSA) is 49.8 Å². The summed E-state index contributed by atoms with van der Waals surface area (Å²) in [6, 6.07) is 12.0. The van der Waals surface area contributed by atoms with Crippen molar-refractivity contribution in [1.82, 2.24) is 4.90 Å². The highest BCUT2D eigenvalue weighted by Crippen LogP contribution is 2.23. The number of rotatable bonds is 4. The molecule has 5 heteroatoms. The standard InChI is InChI=1S/C20H22FNO3/c1-14-4-2-3-5-19(14)25-16-8-10-22(11-9-16)20(24)13-15-6-7-18(23)17(21)12-15/h2-7,12,16,23H,8-11,13H2,1H3. The van der Waals surface area contributed by atoms with Gasteiger partial charge in [-0.2, -0.15) is 0 Å². The normalized spacial score (nSPS) is 15.2. The van der Waals surface area contributed by atoms with Crippen LogP contribution in [0.15, 0.2) is 42.5 Å². The number of hydrogen-bond donors (Lipinski definition) is 1. The Bertz CT molecular complexity index is 754. The van der Waals surface area contributed by atoms with Crippen molar-refractivity contribution in [1.29, 1.82) is 0 Å². The Morgan fingerprint density at radius 3 is 2.64 bits per heavy atom. The minimum Gasteiger partial charge on any atom is -0.505 e. The lowest BCUT2D eigenvalue weighted by Gasteiger charge is -2.32. The highest BCUT2D eigenvalue weighted by molar-refractivity contribution is 5.78. The van der Waals surface area contributed by atoms with Crippen molar-refractivity contribution >= 4 is 5.91 Å². The maximum absolute atomic E-state index is 13.4. The minimum absolute atomic E-state index is 0.0283. The van der Waals surface area contributed by atoms with E-state index in [1.54, 1.807) is 11.0 Å². The third-order valence-corrected chi connectivity index (χ3v) is 4.55. The van der Waals surface area contributed by atoms with Gasteiger partial charge in [-0.15, -0.1) is 0 Å². The second-order valence-electron chi connectivity index (χ2n) is 6.43. The van der Waals surface area contributed by atoms with Gasteiger partial charge in [0.25, 0.3) is 0 Å². The summed E-state index contributed by atoms with van der Waals surface area (Å²) in [5.41, 5.74) is 1.67. The number of carbonyl (C=O) groups is 1. The molecule has 1 aliphatic heterocycles. The third-order valence-electron chi connectivity index (χ3n) is 4.55. The van der Waals surface area contributed by atoms with Crippen molar-refractivity contribution < 1.29 is 19.0 Å². The van der Waals surface area contributed by atoms with Crippen LogP contribution >= 0.6 is 0 Å². The van der Waals surface area contributed by atoms with E-state index in [-0.39, 0.29) is 18.4 Å². The predicted molar refractivity (Wildman–Crippen MR) is 93.2 cm³/mol. The number of aromatic hydroxyl groups is 1. The summed E-state index contributed by atoms with van der Waals surface area (Å²) in [4.78, 5) is 14.2. The first-order chi connectivity index (χ1) is 12.0. The van der Waals surface area contributed by atoms with Crippen molar-refractivity contribution in [2.45, 2.75) is 32.3 Å². The van der Waals surface area contributed by atoms with E-state index >= 15 is 0 Å². The second kappa shape index (κ2) is 7.55. The van der Waals surface area contributed by atoms with Crippen molar-refractivity contribution in [3.63, 3.8) is 0 Å². The summed E-state index contributed by atoms with van der Waals surface area (Å²) in [5.74, 6) is -0.229. The number of benzene rings is 2. The fourth-order valence-corrected chi connectivity index (χ4v) is 3.04. The Labute approximate surface area is 146 Å². The smallest absolute Gasteiger partial charge is 0.226 e. The van der Waals surface area contributed by atoms with Gasteiger partial charge in [-0.05, 0) is 36.2 Å². The zero-order valence-corrected chi connectivity index (χ0v) is 14.2. The molecule has 1 saturated heterocycles. The summed E-state index contributed by atoms with van der Waals surface area (Å²) in [5, 5.41) is 9.21. The molecule has 132 valence electrons. The maximum Gasteiger partial charge on any atom is 0.226 e. The van der Waals surface area contributed by atoms with Gasteiger partial charge in [0.1, 0.15) is 11.9 Å². The summed E-state index contributed by atoms with van der Waals surface area (Å²) in [7, 11) is 0. The van der Waals surface area contributed by atoms with Crippen molar-refractivity contribution in [3.05, 3.63) is 59.4 Å². The average Bonchev–Trinajstić information content (AvgIpc) is 2.61. The van der Waals surface area contributed by atoms with Crippen LogP contribution in [0.2, 0.25) is 0 Å². The Kier molecular flexibility index (Phi) is 5.22. The number of phenols is 1. The monoisotopic (exact) mass is 343 g/mol. The van der Waals surface area contributed by atoms with Crippen molar-refractivity contribution in [2.24, 2.45) is 0 Å². The van der Waals surface area contributed by atoms with Crippen LogP contribution in [-0.2, 0) is 11.2 Å². The van der Waals surface area contributed by atoms with E-state index in [1.165, 1.54) is 12.1 Å². The molecule has 3 rings (SSSR count). The van der Waals surface area contributed by atoms with Crippen LogP contribution < -0.4 is 4.74 Å². The molecule has 25 heavy (non-hydrogen) atoms. The fraction of sp³-hybridized carbons (Fsp3) is 0.350. The van der Waals surface area contributed by atoms with Gasteiger partial charge >= 0.3 is 0 Å². The van der Waals surface area contributed by atoms with E-state index in [9.17, 15) is 14.3 Å². The van der Waals surface area contributed by atoms with Gasteiger partial charge in [-0.1, -0.05) is 24.3 Å². The molecule has 2 aromatic rings. The number of para-hydroxylation sites is 1. The average molecular weight is 343 g/mol. The predicted octanol–water partition coefficient (Wildman–Crippen LogP) is 3.45. The van der Waals surface area contributed by atoms with E-state index in [4.69, 9.17) is 4.74 Å². The molecule has 1 fully saturated rings. The summed E-state index contributed by atoms with van der Waals surface area (Å²) in [6.45, 7) is 3.29. The Morgan fingerprint density at radius 2 is 1.96 bits per heavy atom.